The fourth-order valence-corrected chi connectivity index (χ4v) is 2.21. The lowest BCUT2D eigenvalue weighted by molar-refractivity contribution is 0.313. The molecule has 0 N–H and O–H groups in total. The minimum atomic E-state index is -0.816. The summed E-state index contributed by atoms with van der Waals surface area (Å²) < 4.78 is 11.3. The van der Waals surface area contributed by atoms with Gasteiger partial charge in [0.1, 0.15) is 0 Å². The molecule has 0 bridgehead atoms. The maximum atomic E-state index is 11.5. The average molecular weight is 233 g/mol. The van der Waals surface area contributed by atoms with Crippen molar-refractivity contribution in [3.05, 3.63) is 0 Å². The normalized spacial score (nSPS) is 14.6. The average Bonchev–Trinajstić information content (AvgIpc) is 1.99. The highest BCUT2D eigenvalue weighted by Gasteiger charge is 2.31. The van der Waals surface area contributed by atoms with Gasteiger partial charge in [-0.25, -0.2) is 4.99 Å². The van der Waals surface area contributed by atoms with E-state index in [1.54, 1.807) is 6.26 Å². The summed E-state index contributed by atoms with van der Waals surface area (Å²) in [6, 6.07) is 0. The van der Waals surface area contributed by atoms with E-state index in [2.05, 4.69) is 36.2 Å². The van der Waals surface area contributed by atoms with Crippen molar-refractivity contribution in [2.75, 3.05) is 12.8 Å². The van der Waals surface area contributed by atoms with Gasteiger partial charge in [0.25, 0.3) is 0 Å². The Morgan fingerprint density at radius 2 is 1.86 bits per heavy atom. The molecule has 0 aliphatic carbocycles. The van der Waals surface area contributed by atoms with Crippen LogP contribution in [0.2, 0.25) is 0 Å². The minimum Gasteiger partial charge on any atom is -0.259 e. The number of isothiocyanates is 1. The lowest BCUT2D eigenvalue weighted by atomic mass is 9.84. The molecular formula is C10H19NOS2. The highest BCUT2D eigenvalue weighted by Crippen LogP contribution is 2.31. The fourth-order valence-electron chi connectivity index (χ4n) is 1.56. The van der Waals surface area contributed by atoms with Gasteiger partial charge in [-0.3, -0.25) is 4.21 Å². The standard InChI is InChI=1S/C10H19NOS2/c1-9(2,7-11-8-13)6-10(3,4)14(5)12/h6-7H2,1-5H3. The molecule has 0 aromatic heterocycles. The number of thiocarbonyl (C=S) groups is 1. The minimum absolute atomic E-state index is 0.0288. The largest absolute Gasteiger partial charge is 0.259 e. The summed E-state index contributed by atoms with van der Waals surface area (Å²) in [5.41, 5.74) is 0.0288. The zero-order chi connectivity index (χ0) is 11.4. The van der Waals surface area contributed by atoms with Gasteiger partial charge in [-0.15, -0.1) is 0 Å². The van der Waals surface area contributed by atoms with E-state index in [-0.39, 0.29) is 10.2 Å². The van der Waals surface area contributed by atoms with E-state index in [1.807, 2.05) is 13.8 Å². The Morgan fingerprint density at radius 3 is 2.21 bits per heavy atom. The molecule has 0 aliphatic heterocycles. The van der Waals surface area contributed by atoms with E-state index in [0.717, 1.165) is 6.42 Å². The Labute approximate surface area is 94.7 Å². The molecule has 82 valence electrons. The highest BCUT2D eigenvalue weighted by atomic mass is 32.2. The van der Waals surface area contributed by atoms with Gasteiger partial charge in [-0.2, -0.15) is 0 Å². The van der Waals surface area contributed by atoms with Crippen molar-refractivity contribution >= 4 is 28.2 Å². The van der Waals surface area contributed by atoms with Crippen molar-refractivity contribution in [3.63, 3.8) is 0 Å². The predicted molar refractivity (Wildman–Crippen MR) is 66.4 cm³/mol. The molecule has 0 radical (unpaired) electrons. The first-order valence-corrected chi connectivity index (χ1v) is 6.55. The molecular weight excluding hydrogens is 214 g/mol. The van der Waals surface area contributed by atoms with E-state index < -0.39 is 10.8 Å². The Balaban J connectivity index is 4.48. The summed E-state index contributed by atoms with van der Waals surface area (Å²) >= 11 is 4.54. The third kappa shape index (κ3) is 4.99. The third-order valence-corrected chi connectivity index (χ3v) is 4.08. The molecule has 0 heterocycles. The van der Waals surface area contributed by atoms with Crippen LogP contribution in [0.1, 0.15) is 34.1 Å². The molecule has 0 rings (SSSR count). The Morgan fingerprint density at radius 1 is 1.36 bits per heavy atom. The van der Waals surface area contributed by atoms with Crippen LogP contribution in [0.4, 0.5) is 0 Å². The smallest absolute Gasteiger partial charge is 0.0585 e. The number of rotatable bonds is 5. The maximum absolute atomic E-state index is 11.5. The van der Waals surface area contributed by atoms with Crippen LogP contribution in [0.15, 0.2) is 4.99 Å². The molecule has 14 heavy (non-hydrogen) atoms. The third-order valence-electron chi connectivity index (χ3n) is 2.25. The van der Waals surface area contributed by atoms with Gasteiger partial charge in [0.15, 0.2) is 0 Å². The first kappa shape index (κ1) is 13.9. The van der Waals surface area contributed by atoms with E-state index in [4.69, 9.17) is 0 Å². The lowest BCUT2D eigenvalue weighted by Gasteiger charge is -2.32. The van der Waals surface area contributed by atoms with Gasteiger partial charge in [0, 0.05) is 21.8 Å². The molecule has 4 heteroatoms. The summed E-state index contributed by atoms with van der Waals surface area (Å²) in [4.78, 5) is 3.95. The molecule has 0 aliphatic rings. The van der Waals surface area contributed by atoms with Gasteiger partial charge >= 0.3 is 0 Å². The van der Waals surface area contributed by atoms with Crippen molar-refractivity contribution in [3.8, 4) is 0 Å². The molecule has 0 aromatic carbocycles. The van der Waals surface area contributed by atoms with Gasteiger partial charge in [0.2, 0.25) is 0 Å². The molecule has 0 saturated heterocycles. The Kier molecular flexibility index (Phi) is 5.13. The van der Waals surface area contributed by atoms with Gasteiger partial charge in [-0.05, 0) is 37.9 Å². The first-order chi connectivity index (χ1) is 6.21. The van der Waals surface area contributed by atoms with Gasteiger partial charge in [0.05, 0.1) is 11.7 Å². The first-order valence-electron chi connectivity index (χ1n) is 4.58. The lowest BCUT2D eigenvalue weighted by Crippen LogP contribution is -2.34. The molecule has 0 fully saturated rings. The highest BCUT2D eigenvalue weighted by molar-refractivity contribution is 7.85. The van der Waals surface area contributed by atoms with Crippen LogP contribution >= 0.6 is 12.2 Å². The van der Waals surface area contributed by atoms with Crippen LogP contribution in [0.5, 0.6) is 0 Å². The monoisotopic (exact) mass is 233 g/mol. The molecule has 2 nitrogen and oxygen atoms in total. The van der Waals surface area contributed by atoms with E-state index >= 15 is 0 Å². The summed E-state index contributed by atoms with van der Waals surface area (Å²) in [7, 11) is -0.816. The number of nitrogens with zero attached hydrogens (tertiary/aromatic N) is 1. The number of hydrogen-bond donors (Lipinski definition) is 0. The van der Waals surface area contributed by atoms with Crippen molar-refractivity contribution in [2.45, 2.75) is 38.9 Å². The molecule has 1 unspecified atom stereocenters. The quantitative estimate of drug-likeness (QED) is 0.540. The van der Waals surface area contributed by atoms with Crippen LogP contribution in [0.25, 0.3) is 0 Å². The predicted octanol–water partition coefficient (Wildman–Crippen LogP) is 2.66. The summed E-state index contributed by atoms with van der Waals surface area (Å²) in [5.74, 6) is 0. The van der Waals surface area contributed by atoms with Crippen LogP contribution in [-0.4, -0.2) is 26.9 Å². The van der Waals surface area contributed by atoms with Crippen LogP contribution in [-0.2, 0) is 10.8 Å². The van der Waals surface area contributed by atoms with E-state index in [1.165, 1.54) is 0 Å². The van der Waals surface area contributed by atoms with Gasteiger partial charge < -0.3 is 0 Å². The van der Waals surface area contributed by atoms with Crippen LogP contribution in [0.3, 0.4) is 0 Å². The summed E-state index contributed by atoms with van der Waals surface area (Å²) in [5, 5.41) is 2.37. The second-order valence-corrected chi connectivity index (χ2v) is 7.16. The number of hydrogen-bond acceptors (Lipinski definition) is 3. The summed E-state index contributed by atoms with van der Waals surface area (Å²) in [6.45, 7) is 8.91. The SMILES string of the molecule is CS(=O)C(C)(C)CC(C)(C)CN=C=S. The zero-order valence-corrected chi connectivity index (χ0v) is 11.2. The molecule has 1 atom stereocenters. The second kappa shape index (κ2) is 5.15. The van der Waals surface area contributed by atoms with Crippen molar-refractivity contribution in [2.24, 2.45) is 10.4 Å². The van der Waals surface area contributed by atoms with Gasteiger partial charge in [-0.1, -0.05) is 13.8 Å². The summed E-state index contributed by atoms with van der Waals surface area (Å²) in [6.07, 6.45) is 2.61. The van der Waals surface area contributed by atoms with Crippen LogP contribution < -0.4 is 0 Å². The van der Waals surface area contributed by atoms with E-state index in [9.17, 15) is 4.21 Å². The fraction of sp³-hybridized carbons (Fsp3) is 0.900. The molecule has 0 amide bonds. The van der Waals surface area contributed by atoms with Crippen molar-refractivity contribution in [1.82, 2.24) is 0 Å². The second-order valence-electron chi connectivity index (χ2n) is 4.96. The molecule has 0 aromatic rings. The Hall–Kier alpha value is -0.0500. The van der Waals surface area contributed by atoms with Crippen molar-refractivity contribution < 1.29 is 4.21 Å². The van der Waals surface area contributed by atoms with Crippen LogP contribution in [0, 0.1) is 5.41 Å². The number of aliphatic imine (C=N–C) groups is 1. The van der Waals surface area contributed by atoms with E-state index in [0.29, 0.717) is 6.54 Å². The zero-order valence-electron chi connectivity index (χ0n) is 9.59. The molecule has 0 spiro atoms. The topological polar surface area (TPSA) is 29.4 Å². The maximum Gasteiger partial charge on any atom is 0.0585 e. The molecule has 0 saturated carbocycles. The van der Waals surface area contributed by atoms with Crippen molar-refractivity contribution in [1.29, 1.82) is 0 Å². The Bertz CT molecular complexity index is 265.